The maximum absolute atomic E-state index is 13.5. The fourth-order valence-corrected chi connectivity index (χ4v) is 5.45. The number of nitrogens with one attached hydrogen (secondary N) is 1. The van der Waals surface area contributed by atoms with Crippen LogP contribution in [-0.4, -0.2) is 11.7 Å². The lowest BCUT2D eigenvalue weighted by atomic mass is 9.85. The Labute approximate surface area is 231 Å². The molecule has 4 nitrogen and oxygen atoms in total. The molecule has 39 heavy (non-hydrogen) atoms. The Kier molecular flexibility index (Phi) is 8.52. The molecule has 0 unspecified atom stereocenters. The molecule has 4 aromatic carbocycles. The number of hydrogen-bond acceptors (Lipinski definition) is 3. The first-order valence-electron chi connectivity index (χ1n) is 13.9. The van der Waals surface area contributed by atoms with Crippen molar-refractivity contribution in [2.75, 3.05) is 5.32 Å². The first kappa shape index (κ1) is 26.4. The third-order valence-electron chi connectivity index (χ3n) is 7.52. The number of Topliss-reactive ketones (excluding diaryl/α,β-unsaturated/α-hetero) is 1. The topological polar surface area (TPSA) is 55.4 Å². The lowest BCUT2D eigenvalue weighted by Gasteiger charge is -2.28. The van der Waals surface area contributed by atoms with Crippen molar-refractivity contribution in [3.63, 3.8) is 0 Å². The van der Waals surface area contributed by atoms with Crippen LogP contribution in [0.25, 0.3) is 0 Å². The molecule has 4 aromatic rings. The van der Waals surface area contributed by atoms with E-state index in [9.17, 15) is 9.59 Å². The van der Waals surface area contributed by atoms with E-state index in [-0.39, 0.29) is 17.6 Å². The van der Waals surface area contributed by atoms with Crippen molar-refractivity contribution in [2.24, 2.45) is 0 Å². The number of ketones is 1. The average Bonchev–Trinajstić information content (AvgIpc) is 2.97. The van der Waals surface area contributed by atoms with E-state index in [1.54, 1.807) is 0 Å². The van der Waals surface area contributed by atoms with Crippen LogP contribution in [0.1, 0.15) is 66.3 Å². The summed E-state index contributed by atoms with van der Waals surface area (Å²) in [5, 5.41) is 3.24. The van der Waals surface area contributed by atoms with Crippen molar-refractivity contribution < 1.29 is 14.3 Å². The molecule has 0 bridgehead atoms. The largest absolute Gasteiger partial charge is 0.457 e. The number of anilines is 1. The molecule has 0 radical (unpaired) electrons. The molecule has 1 aliphatic heterocycles. The van der Waals surface area contributed by atoms with E-state index >= 15 is 0 Å². The van der Waals surface area contributed by atoms with Crippen LogP contribution in [0.3, 0.4) is 0 Å². The Morgan fingerprint density at radius 1 is 0.718 bits per heavy atom. The zero-order valence-electron chi connectivity index (χ0n) is 22.5. The van der Waals surface area contributed by atoms with Crippen molar-refractivity contribution in [3.8, 4) is 11.5 Å². The van der Waals surface area contributed by atoms with Crippen LogP contribution in [0, 0.1) is 0 Å². The van der Waals surface area contributed by atoms with Crippen LogP contribution >= 0.6 is 0 Å². The van der Waals surface area contributed by atoms with E-state index in [0.717, 1.165) is 58.7 Å². The highest BCUT2D eigenvalue weighted by atomic mass is 16.5. The number of benzene rings is 4. The van der Waals surface area contributed by atoms with E-state index in [2.05, 4.69) is 30.4 Å². The molecule has 0 fully saturated rings. The van der Waals surface area contributed by atoms with Gasteiger partial charge >= 0.3 is 0 Å². The molecule has 1 amide bonds. The summed E-state index contributed by atoms with van der Waals surface area (Å²) in [7, 11) is 0. The number of rotatable bonds is 11. The standard InChI is InChI=1S/C35H35NO3/c1-2-26-15-11-16-27(22-23-28(37)17-10-14-25-12-4-3-5-13-25)35(26)36-34(38)24-31-29-18-6-8-20-32(29)39-33-21-9-7-19-30(31)33/h3-9,11-13,15-16,18-21,31H,2,10,14,17,22-24H2,1H3,(H,36,38). The molecular formula is C35H35NO3. The van der Waals surface area contributed by atoms with E-state index in [1.807, 2.05) is 78.9 Å². The van der Waals surface area contributed by atoms with Crippen molar-refractivity contribution in [2.45, 2.75) is 57.8 Å². The lowest BCUT2D eigenvalue weighted by molar-refractivity contribution is -0.119. The Balaban J connectivity index is 1.26. The molecule has 0 atom stereocenters. The van der Waals surface area contributed by atoms with Crippen LogP contribution in [-0.2, 0) is 28.9 Å². The number of ether oxygens (including phenoxy) is 1. The fraction of sp³-hybridized carbons (Fsp3) is 0.257. The van der Waals surface area contributed by atoms with E-state index < -0.39 is 0 Å². The van der Waals surface area contributed by atoms with Crippen molar-refractivity contribution in [3.05, 3.63) is 125 Å². The fourth-order valence-electron chi connectivity index (χ4n) is 5.45. The Bertz CT molecular complexity index is 1400. The zero-order chi connectivity index (χ0) is 27.0. The average molecular weight is 518 g/mol. The minimum atomic E-state index is -0.0884. The third-order valence-corrected chi connectivity index (χ3v) is 7.52. The predicted octanol–water partition coefficient (Wildman–Crippen LogP) is 8.04. The van der Waals surface area contributed by atoms with Gasteiger partial charge in [-0.05, 0) is 54.5 Å². The minimum absolute atomic E-state index is 0.0390. The molecule has 0 aliphatic carbocycles. The first-order valence-corrected chi connectivity index (χ1v) is 13.9. The van der Waals surface area contributed by atoms with Crippen LogP contribution in [0.15, 0.2) is 97.1 Å². The molecule has 5 rings (SSSR count). The van der Waals surface area contributed by atoms with Gasteiger partial charge in [0.15, 0.2) is 0 Å². The molecule has 1 N–H and O–H groups in total. The molecule has 1 aliphatic rings. The molecule has 0 spiro atoms. The second kappa shape index (κ2) is 12.6. The smallest absolute Gasteiger partial charge is 0.225 e. The first-order chi connectivity index (χ1) is 19.1. The predicted molar refractivity (Wildman–Crippen MR) is 157 cm³/mol. The van der Waals surface area contributed by atoms with Gasteiger partial charge in [-0.25, -0.2) is 0 Å². The zero-order valence-corrected chi connectivity index (χ0v) is 22.5. The monoisotopic (exact) mass is 517 g/mol. The highest BCUT2D eigenvalue weighted by Gasteiger charge is 2.29. The summed E-state index contributed by atoms with van der Waals surface area (Å²) in [6.45, 7) is 2.09. The molecule has 1 heterocycles. The summed E-state index contributed by atoms with van der Waals surface area (Å²) in [6, 6.07) is 32.3. The van der Waals surface area contributed by atoms with E-state index in [0.29, 0.717) is 25.7 Å². The number of carbonyl (C=O) groups excluding carboxylic acids is 2. The molecule has 0 saturated carbocycles. The second-order valence-electron chi connectivity index (χ2n) is 10.2. The maximum Gasteiger partial charge on any atom is 0.225 e. The SMILES string of the molecule is CCc1cccc(CCC(=O)CCCc2ccccc2)c1NC(=O)CC1c2ccccc2Oc2ccccc21. The van der Waals surface area contributed by atoms with Gasteiger partial charge in [0.05, 0.1) is 0 Å². The summed E-state index contributed by atoms with van der Waals surface area (Å²) in [6.07, 6.45) is 4.56. The number of hydrogen-bond donors (Lipinski definition) is 1. The van der Waals surface area contributed by atoms with Crippen molar-refractivity contribution in [1.82, 2.24) is 0 Å². The van der Waals surface area contributed by atoms with Crippen LogP contribution < -0.4 is 10.1 Å². The Morgan fingerprint density at radius 2 is 1.36 bits per heavy atom. The van der Waals surface area contributed by atoms with E-state index in [4.69, 9.17) is 4.74 Å². The quantitative estimate of drug-likeness (QED) is 0.219. The van der Waals surface area contributed by atoms with Gasteiger partial charge in [-0.2, -0.15) is 0 Å². The number of para-hydroxylation sites is 3. The van der Waals surface area contributed by atoms with Gasteiger partial charge in [0.2, 0.25) is 5.91 Å². The number of aryl methyl sites for hydroxylation is 3. The van der Waals surface area contributed by atoms with Gasteiger partial charge in [0, 0.05) is 42.0 Å². The van der Waals surface area contributed by atoms with Gasteiger partial charge < -0.3 is 10.1 Å². The van der Waals surface area contributed by atoms with E-state index in [1.165, 1.54) is 5.56 Å². The molecule has 0 aromatic heterocycles. The van der Waals surface area contributed by atoms with Crippen LogP contribution in [0.2, 0.25) is 0 Å². The summed E-state index contributed by atoms with van der Waals surface area (Å²) in [5.41, 5.74) is 6.28. The summed E-state index contributed by atoms with van der Waals surface area (Å²) in [5.74, 6) is 1.74. The lowest BCUT2D eigenvalue weighted by Crippen LogP contribution is -2.20. The van der Waals surface area contributed by atoms with Gasteiger partial charge in [-0.3, -0.25) is 9.59 Å². The van der Waals surface area contributed by atoms with Gasteiger partial charge in [-0.1, -0.05) is 91.9 Å². The Hall–Kier alpha value is -4.18. The van der Waals surface area contributed by atoms with Crippen molar-refractivity contribution >= 4 is 17.4 Å². The molecule has 4 heteroatoms. The normalized spacial score (nSPS) is 12.2. The molecular weight excluding hydrogens is 482 g/mol. The number of carbonyl (C=O) groups is 2. The summed E-state index contributed by atoms with van der Waals surface area (Å²) in [4.78, 5) is 26.2. The van der Waals surface area contributed by atoms with Crippen LogP contribution in [0.5, 0.6) is 11.5 Å². The number of amides is 1. The maximum atomic E-state index is 13.5. The summed E-state index contributed by atoms with van der Waals surface area (Å²) >= 11 is 0. The minimum Gasteiger partial charge on any atom is -0.457 e. The van der Waals surface area contributed by atoms with Gasteiger partial charge in [-0.15, -0.1) is 0 Å². The van der Waals surface area contributed by atoms with Crippen LogP contribution in [0.4, 0.5) is 5.69 Å². The highest BCUT2D eigenvalue weighted by Crippen LogP contribution is 2.45. The third kappa shape index (κ3) is 6.46. The van der Waals surface area contributed by atoms with Gasteiger partial charge in [0.1, 0.15) is 17.3 Å². The second-order valence-corrected chi connectivity index (χ2v) is 10.2. The molecule has 198 valence electrons. The van der Waals surface area contributed by atoms with Gasteiger partial charge in [0.25, 0.3) is 0 Å². The molecule has 0 saturated heterocycles. The highest BCUT2D eigenvalue weighted by molar-refractivity contribution is 5.93. The Morgan fingerprint density at radius 3 is 2.05 bits per heavy atom. The number of fused-ring (bicyclic) bond motifs is 2. The summed E-state index contributed by atoms with van der Waals surface area (Å²) < 4.78 is 6.11. The van der Waals surface area contributed by atoms with Crippen molar-refractivity contribution in [1.29, 1.82) is 0 Å².